The van der Waals surface area contributed by atoms with Crippen LogP contribution >= 0.6 is 24.0 Å². The van der Waals surface area contributed by atoms with Crippen molar-refractivity contribution >= 4 is 40.0 Å². The SMILES string of the molecule is CCOc1cccc(CCNC(=NC)N2CCN(S(=O)(=O)Cc3ccon3)CC2)c1.I. The van der Waals surface area contributed by atoms with Gasteiger partial charge >= 0.3 is 0 Å². The lowest BCUT2D eigenvalue weighted by Crippen LogP contribution is -2.54. The molecule has 0 spiro atoms. The standard InChI is InChI=1S/C20H29N5O4S.HI/c1-3-28-19-6-4-5-17(15-19)7-9-22-20(21-2)24-10-12-25(13-11-24)30(26,27)16-18-8-14-29-23-18;/h4-6,8,14-15H,3,7,9-13,16H2,1-2H3,(H,21,22);1H. The summed E-state index contributed by atoms with van der Waals surface area (Å²) in [6.45, 7) is 5.34. The van der Waals surface area contributed by atoms with Crippen LogP contribution in [-0.2, 0) is 22.2 Å². The molecule has 0 radical (unpaired) electrons. The monoisotopic (exact) mass is 563 g/mol. The number of hydrogen-bond acceptors (Lipinski definition) is 6. The maximum absolute atomic E-state index is 12.6. The maximum Gasteiger partial charge on any atom is 0.220 e. The molecule has 11 heteroatoms. The van der Waals surface area contributed by atoms with Gasteiger partial charge in [-0.05, 0) is 31.0 Å². The zero-order chi connectivity index (χ0) is 21.4. The Hall–Kier alpha value is -1.86. The number of guanidine groups is 1. The molecule has 1 N–H and O–H groups in total. The fraction of sp³-hybridized carbons (Fsp3) is 0.500. The Morgan fingerprint density at radius 2 is 2.03 bits per heavy atom. The molecule has 3 rings (SSSR count). The Balaban J connectivity index is 0.00000341. The molecule has 2 aromatic rings. The van der Waals surface area contributed by atoms with E-state index in [-0.39, 0.29) is 29.7 Å². The average molecular weight is 563 g/mol. The average Bonchev–Trinajstić information content (AvgIpc) is 3.24. The quantitative estimate of drug-likeness (QED) is 0.298. The van der Waals surface area contributed by atoms with E-state index in [9.17, 15) is 8.42 Å². The van der Waals surface area contributed by atoms with E-state index in [0.717, 1.165) is 24.7 Å². The summed E-state index contributed by atoms with van der Waals surface area (Å²) in [5, 5.41) is 7.07. The van der Waals surface area contributed by atoms with Crippen LogP contribution in [0.1, 0.15) is 18.2 Å². The second kappa shape index (κ2) is 12.2. The molecule has 1 aliphatic rings. The van der Waals surface area contributed by atoms with E-state index >= 15 is 0 Å². The summed E-state index contributed by atoms with van der Waals surface area (Å²) in [7, 11) is -1.67. The highest BCUT2D eigenvalue weighted by Gasteiger charge is 2.28. The van der Waals surface area contributed by atoms with Gasteiger partial charge in [0.05, 0.1) is 12.3 Å². The van der Waals surface area contributed by atoms with Crippen LogP contribution in [0.25, 0.3) is 0 Å². The molecule has 1 fully saturated rings. The summed E-state index contributed by atoms with van der Waals surface area (Å²) in [5.41, 5.74) is 1.61. The van der Waals surface area contributed by atoms with Crippen molar-refractivity contribution in [3.8, 4) is 5.75 Å². The molecule has 0 unspecified atom stereocenters. The van der Waals surface area contributed by atoms with Crippen molar-refractivity contribution in [2.75, 3.05) is 46.4 Å². The number of aromatic nitrogens is 1. The number of halogens is 1. The largest absolute Gasteiger partial charge is 0.494 e. The van der Waals surface area contributed by atoms with Crippen LogP contribution in [0.5, 0.6) is 5.75 Å². The molecule has 31 heavy (non-hydrogen) atoms. The molecule has 0 amide bonds. The molecule has 0 bridgehead atoms. The third kappa shape index (κ3) is 7.35. The van der Waals surface area contributed by atoms with Crippen molar-refractivity contribution in [1.82, 2.24) is 19.7 Å². The van der Waals surface area contributed by atoms with E-state index in [1.165, 1.54) is 16.1 Å². The molecular weight excluding hydrogens is 533 g/mol. The topological polar surface area (TPSA) is 100 Å². The van der Waals surface area contributed by atoms with Gasteiger partial charge in [0.2, 0.25) is 10.0 Å². The summed E-state index contributed by atoms with van der Waals surface area (Å²) in [5.74, 6) is 1.52. The zero-order valence-electron chi connectivity index (χ0n) is 17.9. The lowest BCUT2D eigenvalue weighted by atomic mass is 10.1. The Labute approximate surface area is 200 Å². The summed E-state index contributed by atoms with van der Waals surface area (Å²) in [6.07, 6.45) is 2.22. The number of sulfonamides is 1. The second-order valence-corrected chi connectivity index (χ2v) is 8.91. The number of ether oxygens (including phenoxy) is 1. The second-order valence-electron chi connectivity index (χ2n) is 6.94. The summed E-state index contributed by atoms with van der Waals surface area (Å²) in [4.78, 5) is 6.44. The van der Waals surface area contributed by atoms with E-state index in [4.69, 9.17) is 9.26 Å². The van der Waals surface area contributed by atoms with E-state index < -0.39 is 10.0 Å². The first kappa shape index (κ1) is 25.4. The van der Waals surface area contributed by atoms with Gasteiger partial charge in [0.25, 0.3) is 0 Å². The highest BCUT2D eigenvalue weighted by atomic mass is 127. The van der Waals surface area contributed by atoms with Crippen LogP contribution in [0.2, 0.25) is 0 Å². The van der Waals surface area contributed by atoms with Crippen LogP contribution in [0, 0.1) is 0 Å². The third-order valence-electron chi connectivity index (χ3n) is 4.87. The summed E-state index contributed by atoms with van der Waals surface area (Å²) in [6, 6.07) is 9.64. The number of hydrogen-bond donors (Lipinski definition) is 1. The molecule has 0 atom stereocenters. The van der Waals surface area contributed by atoms with Crippen LogP contribution in [0.15, 0.2) is 46.1 Å². The Kier molecular flexibility index (Phi) is 10.0. The van der Waals surface area contributed by atoms with Crippen molar-refractivity contribution in [3.63, 3.8) is 0 Å². The Morgan fingerprint density at radius 3 is 2.68 bits per heavy atom. The molecule has 1 aromatic carbocycles. The first-order valence-corrected chi connectivity index (χ1v) is 11.7. The van der Waals surface area contributed by atoms with E-state index in [1.54, 1.807) is 13.1 Å². The summed E-state index contributed by atoms with van der Waals surface area (Å²) >= 11 is 0. The molecule has 2 heterocycles. The van der Waals surface area contributed by atoms with Gasteiger partial charge < -0.3 is 19.5 Å². The van der Waals surface area contributed by atoms with Crippen molar-refractivity contribution in [3.05, 3.63) is 47.9 Å². The number of nitrogens with zero attached hydrogens (tertiary/aromatic N) is 4. The molecule has 0 aliphatic carbocycles. The van der Waals surface area contributed by atoms with Crippen molar-refractivity contribution in [2.24, 2.45) is 4.99 Å². The van der Waals surface area contributed by atoms with Gasteiger partial charge in [0.15, 0.2) is 5.96 Å². The van der Waals surface area contributed by atoms with E-state index in [0.29, 0.717) is 38.5 Å². The molecule has 172 valence electrons. The van der Waals surface area contributed by atoms with Crippen molar-refractivity contribution < 1.29 is 17.7 Å². The molecule has 1 aromatic heterocycles. The molecule has 1 saturated heterocycles. The third-order valence-corrected chi connectivity index (χ3v) is 6.68. The molecule has 1 aliphatic heterocycles. The molecule has 9 nitrogen and oxygen atoms in total. The van der Waals surface area contributed by atoms with E-state index in [1.807, 2.05) is 25.1 Å². The highest BCUT2D eigenvalue weighted by Crippen LogP contribution is 2.14. The summed E-state index contributed by atoms with van der Waals surface area (Å²) < 4.78 is 36.9. The van der Waals surface area contributed by atoms with Crippen LogP contribution in [-0.4, -0.2) is 75.1 Å². The minimum Gasteiger partial charge on any atom is -0.494 e. The fourth-order valence-corrected chi connectivity index (χ4v) is 4.80. The van der Waals surface area contributed by atoms with Gasteiger partial charge in [0.1, 0.15) is 17.8 Å². The van der Waals surface area contributed by atoms with Crippen molar-refractivity contribution in [1.29, 1.82) is 0 Å². The van der Waals surface area contributed by atoms with Crippen LogP contribution in [0.3, 0.4) is 0 Å². The smallest absolute Gasteiger partial charge is 0.220 e. The zero-order valence-corrected chi connectivity index (χ0v) is 21.0. The Morgan fingerprint density at radius 1 is 1.26 bits per heavy atom. The van der Waals surface area contributed by atoms with Gasteiger partial charge in [-0.3, -0.25) is 4.99 Å². The molecular formula is C20H30IN5O4S. The normalized spacial score (nSPS) is 15.4. The number of rotatable bonds is 8. The van der Waals surface area contributed by atoms with Gasteiger partial charge in [-0.25, -0.2) is 8.42 Å². The predicted octanol–water partition coefficient (Wildman–Crippen LogP) is 1.96. The van der Waals surface area contributed by atoms with Crippen molar-refractivity contribution in [2.45, 2.75) is 19.1 Å². The van der Waals surface area contributed by atoms with Crippen LogP contribution in [0.4, 0.5) is 0 Å². The fourth-order valence-electron chi connectivity index (χ4n) is 3.38. The number of benzene rings is 1. The number of aliphatic imine (C=N–C) groups is 1. The minimum absolute atomic E-state index is 0. The lowest BCUT2D eigenvalue weighted by Gasteiger charge is -2.35. The van der Waals surface area contributed by atoms with Crippen LogP contribution < -0.4 is 10.1 Å². The van der Waals surface area contributed by atoms with Gasteiger partial charge in [0, 0.05) is 45.8 Å². The Bertz CT molecular complexity index is 929. The first-order valence-electron chi connectivity index (χ1n) is 10.1. The highest BCUT2D eigenvalue weighted by molar-refractivity contribution is 14.0. The molecule has 0 saturated carbocycles. The van der Waals surface area contributed by atoms with Gasteiger partial charge in [-0.1, -0.05) is 17.3 Å². The van der Waals surface area contributed by atoms with Gasteiger partial charge in [-0.15, -0.1) is 24.0 Å². The number of nitrogens with one attached hydrogen (secondary N) is 1. The number of piperazine rings is 1. The lowest BCUT2D eigenvalue weighted by molar-refractivity contribution is 0.260. The first-order chi connectivity index (χ1) is 14.5. The van der Waals surface area contributed by atoms with E-state index in [2.05, 4.69) is 26.4 Å². The predicted molar refractivity (Wildman–Crippen MR) is 130 cm³/mol. The maximum atomic E-state index is 12.6. The minimum atomic E-state index is -3.41. The van der Waals surface area contributed by atoms with Gasteiger partial charge in [-0.2, -0.15) is 4.31 Å².